The summed E-state index contributed by atoms with van der Waals surface area (Å²) in [6.45, 7) is 11.8. The number of nitrogens with one attached hydrogen (secondary N) is 2. The van der Waals surface area contributed by atoms with E-state index in [4.69, 9.17) is 0 Å². The van der Waals surface area contributed by atoms with Crippen LogP contribution in [0.5, 0.6) is 0 Å². The van der Waals surface area contributed by atoms with Crippen LogP contribution in [-0.2, 0) is 0 Å². The molecule has 0 aromatic rings. The number of halogens is 1. The van der Waals surface area contributed by atoms with Crippen LogP contribution in [0.4, 0.5) is 0 Å². The summed E-state index contributed by atoms with van der Waals surface area (Å²) in [5, 5.41) is 6.52. The summed E-state index contributed by atoms with van der Waals surface area (Å²) in [6, 6.07) is 0.665. The van der Waals surface area contributed by atoms with Crippen LogP contribution in [0.1, 0.15) is 46.5 Å². The minimum absolute atomic E-state index is 0. The molecule has 0 aromatic carbocycles. The lowest BCUT2D eigenvalue weighted by atomic mass is 10.1. The van der Waals surface area contributed by atoms with E-state index in [9.17, 15) is 0 Å². The van der Waals surface area contributed by atoms with Crippen molar-refractivity contribution in [1.29, 1.82) is 0 Å². The molecule has 1 aliphatic rings. The average Bonchev–Trinajstić information content (AvgIpc) is 2.40. The van der Waals surface area contributed by atoms with E-state index in [-0.39, 0.29) is 24.0 Å². The van der Waals surface area contributed by atoms with E-state index in [1.54, 1.807) is 0 Å². The first-order valence-corrected chi connectivity index (χ1v) is 7.54. The Kier molecular flexibility index (Phi) is 11.7. The van der Waals surface area contributed by atoms with Gasteiger partial charge in [-0.2, -0.15) is 0 Å². The SMILES string of the molecule is CCNC(=NCCC(C)N1CCCCC1)NCC.I. The van der Waals surface area contributed by atoms with Gasteiger partial charge in [0.25, 0.3) is 0 Å². The number of hydrogen-bond donors (Lipinski definition) is 2. The summed E-state index contributed by atoms with van der Waals surface area (Å²) in [7, 11) is 0. The molecule has 0 spiro atoms. The fourth-order valence-electron chi connectivity index (χ4n) is 2.41. The molecule has 1 saturated heterocycles. The van der Waals surface area contributed by atoms with Crippen LogP contribution in [0.25, 0.3) is 0 Å². The Morgan fingerprint density at radius 3 is 2.21 bits per heavy atom. The topological polar surface area (TPSA) is 39.7 Å². The van der Waals surface area contributed by atoms with Crippen molar-refractivity contribution in [1.82, 2.24) is 15.5 Å². The fraction of sp³-hybridized carbons (Fsp3) is 0.929. The van der Waals surface area contributed by atoms with Gasteiger partial charge in [-0.1, -0.05) is 6.42 Å². The summed E-state index contributed by atoms with van der Waals surface area (Å²) < 4.78 is 0. The molecule has 1 atom stereocenters. The Morgan fingerprint density at radius 2 is 1.68 bits per heavy atom. The van der Waals surface area contributed by atoms with E-state index < -0.39 is 0 Å². The van der Waals surface area contributed by atoms with Crippen molar-refractivity contribution in [3.05, 3.63) is 0 Å². The van der Waals surface area contributed by atoms with Crippen molar-refractivity contribution < 1.29 is 0 Å². The highest BCUT2D eigenvalue weighted by Gasteiger charge is 2.15. The summed E-state index contributed by atoms with van der Waals surface area (Å²) >= 11 is 0. The van der Waals surface area contributed by atoms with E-state index in [1.165, 1.54) is 32.4 Å². The Bertz CT molecular complexity index is 232. The third kappa shape index (κ3) is 7.97. The fourth-order valence-corrected chi connectivity index (χ4v) is 2.41. The van der Waals surface area contributed by atoms with Gasteiger partial charge in [-0.15, -0.1) is 24.0 Å². The average molecular weight is 382 g/mol. The van der Waals surface area contributed by atoms with Crippen LogP contribution in [0.3, 0.4) is 0 Å². The number of piperidine rings is 1. The number of nitrogens with zero attached hydrogens (tertiary/aromatic N) is 2. The second kappa shape index (κ2) is 11.8. The first-order valence-electron chi connectivity index (χ1n) is 7.54. The molecule has 1 unspecified atom stereocenters. The number of rotatable bonds is 6. The minimum atomic E-state index is 0. The third-order valence-corrected chi connectivity index (χ3v) is 3.52. The van der Waals surface area contributed by atoms with Gasteiger partial charge in [0.1, 0.15) is 0 Å². The number of hydrogen-bond acceptors (Lipinski definition) is 2. The smallest absolute Gasteiger partial charge is 0.191 e. The molecule has 19 heavy (non-hydrogen) atoms. The molecular formula is C14H31IN4. The normalized spacial score (nSPS) is 17.2. The molecule has 1 rings (SSSR count). The molecule has 0 aliphatic carbocycles. The zero-order chi connectivity index (χ0) is 13.2. The van der Waals surface area contributed by atoms with Crippen LogP contribution in [0.15, 0.2) is 4.99 Å². The lowest BCUT2D eigenvalue weighted by Gasteiger charge is -2.32. The molecule has 0 radical (unpaired) electrons. The van der Waals surface area contributed by atoms with Crippen LogP contribution >= 0.6 is 24.0 Å². The third-order valence-electron chi connectivity index (χ3n) is 3.52. The maximum Gasteiger partial charge on any atom is 0.191 e. The molecular weight excluding hydrogens is 351 g/mol. The van der Waals surface area contributed by atoms with Gasteiger partial charge in [0.2, 0.25) is 0 Å². The van der Waals surface area contributed by atoms with Gasteiger partial charge in [-0.05, 0) is 53.1 Å². The molecule has 0 aromatic heterocycles. The van der Waals surface area contributed by atoms with Crippen LogP contribution in [-0.4, -0.2) is 49.6 Å². The Morgan fingerprint density at radius 1 is 1.11 bits per heavy atom. The molecule has 0 bridgehead atoms. The molecule has 5 heteroatoms. The highest BCUT2D eigenvalue weighted by Crippen LogP contribution is 2.13. The van der Waals surface area contributed by atoms with Crippen molar-refractivity contribution in [3.63, 3.8) is 0 Å². The monoisotopic (exact) mass is 382 g/mol. The standard InChI is InChI=1S/C14H30N4.HI/c1-4-15-14(16-5-2)17-10-9-13(3)18-11-7-6-8-12-18;/h13H,4-12H2,1-3H3,(H2,15,16,17);1H. The van der Waals surface area contributed by atoms with Crippen LogP contribution in [0.2, 0.25) is 0 Å². The van der Waals surface area contributed by atoms with Gasteiger partial charge in [-0.3, -0.25) is 4.99 Å². The van der Waals surface area contributed by atoms with E-state index in [0.717, 1.165) is 32.0 Å². The summed E-state index contributed by atoms with van der Waals surface area (Å²) in [5.74, 6) is 0.950. The van der Waals surface area contributed by atoms with Gasteiger partial charge < -0.3 is 15.5 Å². The largest absolute Gasteiger partial charge is 0.357 e. The first-order chi connectivity index (χ1) is 8.77. The second-order valence-electron chi connectivity index (χ2n) is 5.03. The molecule has 0 amide bonds. The van der Waals surface area contributed by atoms with Crippen molar-refractivity contribution in [2.24, 2.45) is 4.99 Å². The highest BCUT2D eigenvalue weighted by atomic mass is 127. The van der Waals surface area contributed by atoms with E-state index in [1.807, 2.05) is 0 Å². The van der Waals surface area contributed by atoms with Crippen molar-refractivity contribution >= 4 is 29.9 Å². The van der Waals surface area contributed by atoms with E-state index in [2.05, 4.69) is 41.3 Å². The summed E-state index contributed by atoms with van der Waals surface area (Å²) in [4.78, 5) is 7.22. The van der Waals surface area contributed by atoms with Gasteiger partial charge in [0.05, 0.1) is 0 Å². The molecule has 2 N–H and O–H groups in total. The zero-order valence-electron chi connectivity index (χ0n) is 12.7. The predicted molar refractivity (Wildman–Crippen MR) is 94.6 cm³/mol. The quantitative estimate of drug-likeness (QED) is 0.421. The van der Waals surface area contributed by atoms with Crippen molar-refractivity contribution in [2.75, 3.05) is 32.7 Å². The van der Waals surface area contributed by atoms with Gasteiger partial charge in [0.15, 0.2) is 5.96 Å². The summed E-state index contributed by atoms with van der Waals surface area (Å²) in [6.07, 6.45) is 5.30. The molecule has 4 nitrogen and oxygen atoms in total. The molecule has 114 valence electrons. The second-order valence-corrected chi connectivity index (χ2v) is 5.03. The van der Waals surface area contributed by atoms with Crippen LogP contribution < -0.4 is 10.6 Å². The van der Waals surface area contributed by atoms with Gasteiger partial charge in [0, 0.05) is 25.7 Å². The minimum Gasteiger partial charge on any atom is -0.357 e. The highest BCUT2D eigenvalue weighted by molar-refractivity contribution is 14.0. The van der Waals surface area contributed by atoms with Gasteiger partial charge in [-0.25, -0.2) is 0 Å². The van der Waals surface area contributed by atoms with Crippen LogP contribution in [0, 0.1) is 0 Å². The zero-order valence-corrected chi connectivity index (χ0v) is 15.1. The maximum absolute atomic E-state index is 4.61. The van der Waals surface area contributed by atoms with Crippen molar-refractivity contribution in [3.8, 4) is 0 Å². The lowest BCUT2D eigenvalue weighted by molar-refractivity contribution is 0.168. The Hall–Kier alpha value is -0.0400. The van der Waals surface area contributed by atoms with E-state index >= 15 is 0 Å². The van der Waals surface area contributed by atoms with Gasteiger partial charge >= 0.3 is 0 Å². The number of likely N-dealkylation sites (tertiary alicyclic amines) is 1. The Labute approximate surface area is 135 Å². The molecule has 1 fully saturated rings. The molecule has 1 heterocycles. The summed E-state index contributed by atoms with van der Waals surface area (Å²) in [5.41, 5.74) is 0. The van der Waals surface area contributed by atoms with Crippen molar-refractivity contribution in [2.45, 2.75) is 52.5 Å². The Balaban J connectivity index is 0.00000324. The number of aliphatic imine (C=N–C) groups is 1. The predicted octanol–water partition coefficient (Wildman–Crippen LogP) is 2.44. The first kappa shape index (κ1) is 19.0. The molecule has 1 aliphatic heterocycles. The molecule has 0 saturated carbocycles. The number of guanidine groups is 1. The lowest BCUT2D eigenvalue weighted by Crippen LogP contribution is -2.39. The maximum atomic E-state index is 4.61. The van der Waals surface area contributed by atoms with E-state index in [0.29, 0.717) is 6.04 Å².